The molecule has 3 aliphatic rings. The van der Waals surface area contributed by atoms with Crippen molar-refractivity contribution in [2.24, 2.45) is 23.3 Å². The maximum absolute atomic E-state index is 13.6. The van der Waals surface area contributed by atoms with Crippen LogP contribution in [0.4, 0.5) is 0 Å². The zero-order chi connectivity index (χ0) is 26.5. The van der Waals surface area contributed by atoms with E-state index in [1.807, 2.05) is 0 Å². The second-order valence-corrected chi connectivity index (χ2v) is 9.44. The Morgan fingerprint density at radius 1 is 1.17 bits per heavy atom. The Bertz CT molecular complexity index is 1230. The van der Waals surface area contributed by atoms with E-state index in [1.165, 1.54) is 12.1 Å². The Hall–Kier alpha value is -3.70. The highest BCUT2D eigenvalue weighted by Crippen LogP contribution is 2.55. The molecule has 0 spiro atoms. The largest absolute Gasteiger partial charge is 0.511 e. The Balaban J connectivity index is 1.93. The number of fused-ring (bicyclic) bond motifs is 3. The lowest BCUT2D eigenvalue weighted by Gasteiger charge is -2.51. The molecule has 0 unspecified atom stereocenters. The molecule has 11 heteroatoms. The molecule has 5 atom stereocenters. The van der Waals surface area contributed by atoms with E-state index in [-0.39, 0.29) is 17.7 Å². The van der Waals surface area contributed by atoms with Crippen LogP contribution in [0.5, 0.6) is 5.75 Å². The van der Waals surface area contributed by atoms with E-state index in [0.29, 0.717) is 24.9 Å². The van der Waals surface area contributed by atoms with Crippen LogP contribution >= 0.6 is 0 Å². The molecule has 0 radical (unpaired) electrons. The molecule has 36 heavy (non-hydrogen) atoms. The molecule has 3 aliphatic carbocycles. The Morgan fingerprint density at radius 3 is 2.50 bits per heavy atom. The number of esters is 1. The minimum absolute atomic E-state index is 0.0292. The number of phenols is 1. The van der Waals surface area contributed by atoms with Crippen molar-refractivity contribution in [1.29, 1.82) is 0 Å². The van der Waals surface area contributed by atoms with Gasteiger partial charge in [0, 0.05) is 30.3 Å². The number of allylic oxidation sites excluding steroid dienone is 1. The normalized spacial score (nSPS) is 29.4. The summed E-state index contributed by atoms with van der Waals surface area (Å²) in [4.78, 5) is 51.5. The molecule has 4 rings (SSSR count). The second-order valence-electron chi connectivity index (χ2n) is 9.44. The number of nitrogens with two attached hydrogens (primary N) is 2. The molecular weight excluding hydrogens is 472 g/mol. The van der Waals surface area contributed by atoms with E-state index >= 15 is 0 Å². The van der Waals surface area contributed by atoms with E-state index in [0.717, 1.165) is 0 Å². The quantitative estimate of drug-likeness (QED) is 0.184. The van der Waals surface area contributed by atoms with Crippen LogP contribution < -0.4 is 11.5 Å². The number of aliphatic hydroxyl groups is 3. The molecular formula is C25H28N2O9. The third kappa shape index (κ3) is 3.58. The van der Waals surface area contributed by atoms with Gasteiger partial charge in [0.05, 0.1) is 5.56 Å². The van der Waals surface area contributed by atoms with Gasteiger partial charge in [-0.3, -0.25) is 19.2 Å². The lowest BCUT2D eigenvalue weighted by atomic mass is 9.56. The maximum Gasteiger partial charge on any atom is 0.306 e. The minimum atomic E-state index is -2.87. The van der Waals surface area contributed by atoms with Crippen LogP contribution in [-0.4, -0.2) is 62.1 Å². The summed E-state index contributed by atoms with van der Waals surface area (Å²) in [6.45, 7) is 2.05. The summed E-state index contributed by atoms with van der Waals surface area (Å²) in [5.74, 6) is -9.43. The summed E-state index contributed by atoms with van der Waals surface area (Å²) >= 11 is 0. The number of benzene rings is 1. The van der Waals surface area contributed by atoms with Crippen molar-refractivity contribution in [3.05, 3.63) is 52.0 Å². The number of phenolic OH excluding ortho intramolecular Hbond substituents is 1. The van der Waals surface area contributed by atoms with Crippen molar-refractivity contribution in [3.8, 4) is 5.75 Å². The SMILES string of the molecule is C[C@H]1c2cccc(O)c2C(=O)C2=C(O)[C@]3(O)C(=O)C(C(N)=O)=C(O)C[C@@H]3[C@@H](OC(=O)CCCCN)[C@@H]21. The van der Waals surface area contributed by atoms with Gasteiger partial charge in [0.1, 0.15) is 28.9 Å². The summed E-state index contributed by atoms with van der Waals surface area (Å²) < 4.78 is 5.74. The van der Waals surface area contributed by atoms with Gasteiger partial charge in [0.25, 0.3) is 5.91 Å². The van der Waals surface area contributed by atoms with Gasteiger partial charge < -0.3 is 36.6 Å². The average Bonchev–Trinajstić information content (AvgIpc) is 2.81. The average molecular weight is 501 g/mol. The van der Waals surface area contributed by atoms with Crippen LogP contribution in [-0.2, 0) is 19.1 Å². The number of hydrogen-bond donors (Lipinski definition) is 6. The van der Waals surface area contributed by atoms with Gasteiger partial charge in [-0.15, -0.1) is 0 Å². The molecule has 0 saturated heterocycles. The predicted octanol–water partition coefficient (Wildman–Crippen LogP) is 0.792. The van der Waals surface area contributed by atoms with Crippen molar-refractivity contribution < 1.29 is 44.3 Å². The van der Waals surface area contributed by atoms with Crippen LogP contribution in [0.25, 0.3) is 0 Å². The lowest BCUT2D eigenvalue weighted by Crippen LogP contribution is -2.63. The number of hydrogen-bond acceptors (Lipinski definition) is 10. The van der Waals surface area contributed by atoms with Crippen LogP contribution in [0.1, 0.15) is 54.4 Å². The van der Waals surface area contributed by atoms with E-state index in [2.05, 4.69) is 0 Å². The van der Waals surface area contributed by atoms with E-state index in [4.69, 9.17) is 16.2 Å². The number of aliphatic hydroxyl groups excluding tert-OH is 2. The number of unbranched alkanes of at least 4 members (excludes halogenated alkanes) is 1. The van der Waals surface area contributed by atoms with Gasteiger partial charge in [-0.1, -0.05) is 19.1 Å². The number of ketones is 2. The maximum atomic E-state index is 13.6. The number of ether oxygens (including phenoxy) is 1. The van der Waals surface area contributed by atoms with Gasteiger partial charge in [-0.25, -0.2) is 0 Å². The fourth-order valence-electron chi connectivity index (χ4n) is 5.70. The molecule has 1 aromatic rings. The highest BCUT2D eigenvalue weighted by molar-refractivity contribution is 6.24. The first-order chi connectivity index (χ1) is 17.0. The monoisotopic (exact) mass is 500 g/mol. The fourth-order valence-corrected chi connectivity index (χ4v) is 5.70. The fraction of sp³-hybridized carbons (Fsp3) is 0.440. The van der Waals surface area contributed by atoms with Crippen LogP contribution in [0.15, 0.2) is 40.9 Å². The number of aromatic hydroxyl groups is 1. The Morgan fingerprint density at radius 2 is 1.86 bits per heavy atom. The highest BCUT2D eigenvalue weighted by Gasteiger charge is 2.65. The van der Waals surface area contributed by atoms with Gasteiger partial charge in [0.2, 0.25) is 5.78 Å². The lowest BCUT2D eigenvalue weighted by molar-refractivity contribution is -0.174. The number of rotatable bonds is 6. The first kappa shape index (κ1) is 25.4. The number of carbonyl (C=O) groups is 4. The summed E-state index contributed by atoms with van der Waals surface area (Å²) in [6, 6.07) is 4.44. The van der Waals surface area contributed by atoms with Crippen LogP contribution in [0, 0.1) is 11.8 Å². The van der Waals surface area contributed by atoms with Crippen LogP contribution in [0.3, 0.4) is 0 Å². The molecule has 0 bridgehead atoms. The number of primary amides is 1. The molecule has 0 fully saturated rings. The third-order valence-electron chi connectivity index (χ3n) is 7.44. The first-order valence-electron chi connectivity index (χ1n) is 11.7. The summed E-state index contributed by atoms with van der Waals surface area (Å²) in [5, 5.41) is 43.7. The topological polar surface area (TPSA) is 210 Å². The van der Waals surface area contributed by atoms with Gasteiger partial charge in [0.15, 0.2) is 11.4 Å². The van der Waals surface area contributed by atoms with Crippen molar-refractivity contribution in [1.82, 2.24) is 0 Å². The highest BCUT2D eigenvalue weighted by atomic mass is 16.5. The molecule has 1 aromatic carbocycles. The zero-order valence-corrected chi connectivity index (χ0v) is 19.6. The van der Waals surface area contributed by atoms with E-state index in [1.54, 1.807) is 13.0 Å². The molecule has 0 saturated carbocycles. The summed E-state index contributed by atoms with van der Waals surface area (Å²) in [5.41, 5.74) is 6.84. The van der Waals surface area contributed by atoms with Crippen LogP contribution in [0.2, 0.25) is 0 Å². The minimum Gasteiger partial charge on any atom is -0.511 e. The van der Waals surface area contributed by atoms with E-state index < -0.39 is 82.0 Å². The molecule has 0 aromatic heterocycles. The zero-order valence-electron chi connectivity index (χ0n) is 19.6. The van der Waals surface area contributed by atoms with E-state index in [9.17, 15) is 39.6 Å². The van der Waals surface area contributed by atoms with Crippen molar-refractivity contribution in [3.63, 3.8) is 0 Å². The molecule has 0 heterocycles. The van der Waals surface area contributed by atoms with Crippen molar-refractivity contribution >= 4 is 23.4 Å². The summed E-state index contributed by atoms with van der Waals surface area (Å²) in [7, 11) is 0. The first-order valence-corrected chi connectivity index (χ1v) is 11.7. The summed E-state index contributed by atoms with van der Waals surface area (Å²) in [6.07, 6.45) is -0.937. The second kappa shape index (κ2) is 9.07. The predicted molar refractivity (Wildman–Crippen MR) is 124 cm³/mol. The number of amides is 1. The Kier molecular flexibility index (Phi) is 6.40. The molecule has 11 nitrogen and oxygen atoms in total. The van der Waals surface area contributed by atoms with Gasteiger partial charge in [-0.05, 0) is 36.9 Å². The molecule has 1 amide bonds. The smallest absolute Gasteiger partial charge is 0.306 e. The molecule has 8 N–H and O–H groups in total. The third-order valence-corrected chi connectivity index (χ3v) is 7.44. The van der Waals surface area contributed by atoms with Crippen molar-refractivity contribution in [2.45, 2.75) is 50.2 Å². The number of carbonyl (C=O) groups excluding carboxylic acids is 4. The molecule has 192 valence electrons. The van der Waals surface area contributed by atoms with Crippen molar-refractivity contribution in [2.75, 3.05) is 6.54 Å². The standard InChI is InChI=1S/C25H28N2O9/c1-10-11-5-4-6-13(28)17(11)20(31)19-16(10)21(36-15(30)7-2-3-8-26)12-9-14(29)18(24(27)34)22(32)25(12,35)23(19)33/h4-6,10,12,16,21,28-29,33,35H,2-3,7-9,26H2,1H3,(H2,27,34)/t10-,12+,16+,21+,25+/m0/s1. The Labute approximate surface area is 206 Å². The van der Waals surface area contributed by atoms with Gasteiger partial charge >= 0.3 is 5.97 Å². The molecule has 0 aliphatic heterocycles. The van der Waals surface area contributed by atoms with Gasteiger partial charge in [-0.2, -0.15) is 0 Å². The number of Topliss-reactive ketones (excluding diaryl/α,β-unsaturated/α-hetero) is 2.